The van der Waals surface area contributed by atoms with Crippen LogP contribution < -0.4 is 10.3 Å². The van der Waals surface area contributed by atoms with Gasteiger partial charge in [0, 0.05) is 23.2 Å². The number of hydrogen-bond donors (Lipinski definition) is 1. The molecule has 1 amide bonds. The molecule has 3 rings (SSSR count). The highest BCUT2D eigenvalue weighted by Crippen LogP contribution is 2.16. The second-order valence-electron chi connectivity index (χ2n) is 5.76. The second-order valence-corrected chi connectivity index (χ2v) is 5.76. The number of benzene rings is 2. The van der Waals surface area contributed by atoms with Crippen molar-refractivity contribution in [1.29, 1.82) is 0 Å². The quantitative estimate of drug-likeness (QED) is 0.778. The molecule has 0 spiro atoms. The van der Waals surface area contributed by atoms with E-state index in [0.29, 0.717) is 23.4 Å². The van der Waals surface area contributed by atoms with E-state index in [2.05, 4.69) is 4.98 Å². The Kier molecular flexibility index (Phi) is 4.84. The number of carbonyl (C=O) groups excluding carboxylic acids is 1. The van der Waals surface area contributed by atoms with Crippen molar-refractivity contribution in [1.82, 2.24) is 9.88 Å². The molecule has 5 nitrogen and oxygen atoms in total. The summed E-state index contributed by atoms with van der Waals surface area (Å²) in [5.74, 6) is 0.499. The van der Waals surface area contributed by atoms with Crippen molar-refractivity contribution in [2.75, 3.05) is 13.7 Å². The summed E-state index contributed by atoms with van der Waals surface area (Å²) in [5, 5.41) is 0.946. The number of amides is 1. The first-order valence-corrected chi connectivity index (χ1v) is 8.16. The van der Waals surface area contributed by atoms with Crippen molar-refractivity contribution in [3.05, 3.63) is 76.1 Å². The van der Waals surface area contributed by atoms with Gasteiger partial charge in [-0.1, -0.05) is 24.3 Å². The summed E-state index contributed by atoms with van der Waals surface area (Å²) in [5.41, 5.74) is 1.73. The number of carbonyl (C=O) groups is 1. The van der Waals surface area contributed by atoms with Crippen molar-refractivity contribution in [3.63, 3.8) is 0 Å². The zero-order valence-corrected chi connectivity index (χ0v) is 14.3. The molecule has 0 saturated carbocycles. The van der Waals surface area contributed by atoms with Crippen LogP contribution in [0, 0.1) is 0 Å². The van der Waals surface area contributed by atoms with Crippen LogP contribution >= 0.6 is 0 Å². The van der Waals surface area contributed by atoms with E-state index in [9.17, 15) is 9.59 Å². The maximum Gasteiger partial charge on any atom is 0.254 e. The number of H-pyrrole nitrogens is 1. The van der Waals surface area contributed by atoms with Crippen LogP contribution in [-0.2, 0) is 6.54 Å². The van der Waals surface area contributed by atoms with Gasteiger partial charge < -0.3 is 14.6 Å². The van der Waals surface area contributed by atoms with E-state index in [0.717, 1.165) is 10.9 Å². The van der Waals surface area contributed by atoms with Crippen LogP contribution in [-0.4, -0.2) is 29.4 Å². The van der Waals surface area contributed by atoms with E-state index in [1.807, 2.05) is 37.3 Å². The first kappa shape index (κ1) is 16.8. The number of hydrogen-bond acceptors (Lipinski definition) is 3. The maximum atomic E-state index is 12.8. The standard InChI is InChI=1S/C20H20N2O3/c1-3-22(20(24)15-8-6-9-17(12-15)25-2)13-16-11-14-7-4-5-10-18(14)21-19(16)23/h4-12H,3,13H2,1-2H3,(H,21,23). The van der Waals surface area contributed by atoms with Crippen molar-refractivity contribution in [3.8, 4) is 5.75 Å². The van der Waals surface area contributed by atoms with E-state index >= 15 is 0 Å². The summed E-state index contributed by atoms with van der Waals surface area (Å²) in [6.07, 6.45) is 0. The predicted molar refractivity (Wildman–Crippen MR) is 98.0 cm³/mol. The topological polar surface area (TPSA) is 62.4 Å². The van der Waals surface area contributed by atoms with Crippen molar-refractivity contribution in [2.45, 2.75) is 13.5 Å². The van der Waals surface area contributed by atoms with Crippen molar-refractivity contribution in [2.24, 2.45) is 0 Å². The molecule has 0 atom stereocenters. The lowest BCUT2D eigenvalue weighted by atomic mass is 10.1. The Labute approximate surface area is 145 Å². The Bertz CT molecular complexity index is 962. The smallest absolute Gasteiger partial charge is 0.254 e. The molecule has 5 heteroatoms. The van der Waals surface area contributed by atoms with Crippen LogP contribution in [0.3, 0.4) is 0 Å². The molecule has 0 fully saturated rings. The summed E-state index contributed by atoms with van der Waals surface area (Å²) in [6.45, 7) is 2.66. The molecule has 0 aliphatic heterocycles. The molecule has 3 aromatic rings. The van der Waals surface area contributed by atoms with Gasteiger partial charge >= 0.3 is 0 Å². The Morgan fingerprint density at radius 1 is 1.12 bits per heavy atom. The van der Waals surface area contributed by atoms with E-state index < -0.39 is 0 Å². The highest BCUT2D eigenvalue weighted by atomic mass is 16.5. The maximum absolute atomic E-state index is 12.8. The third kappa shape index (κ3) is 3.55. The van der Waals surface area contributed by atoms with Gasteiger partial charge in [-0.05, 0) is 42.6 Å². The average Bonchev–Trinajstić information content (AvgIpc) is 2.65. The zero-order valence-electron chi connectivity index (χ0n) is 14.3. The molecule has 0 saturated heterocycles. The van der Waals surface area contributed by atoms with Crippen LogP contribution in [0.4, 0.5) is 0 Å². The molecule has 0 unspecified atom stereocenters. The third-order valence-electron chi connectivity index (χ3n) is 4.18. The zero-order chi connectivity index (χ0) is 17.8. The molecule has 0 aliphatic rings. The molecule has 0 radical (unpaired) electrons. The number of fused-ring (bicyclic) bond motifs is 1. The Hall–Kier alpha value is -3.08. The van der Waals surface area contributed by atoms with Crippen molar-refractivity contribution < 1.29 is 9.53 Å². The summed E-state index contributed by atoms with van der Waals surface area (Å²) in [4.78, 5) is 29.6. The van der Waals surface area contributed by atoms with Gasteiger partial charge in [-0.2, -0.15) is 0 Å². The normalized spacial score (nSPS) is 10.6. The summed E-state index contributed by atoms with van der Waals surface area (Å²) < 4.78 is 5.18. The number of nitrogens with one attached hydrogen (secondary N) is 1. The second kappa shape index (κ2) is 7.21. The van der Waals surface area contributed by atoms with Gasteiger partial charge in [-0.25, -0.2) is 0 Å². The summed E-state index contributed by atoms with van der Waals surface area (Å²) in [7, 11) is 1.57. The number of nitrogens with zero attached hydrogens (tertiary/aromatic N) is 1. The number of methoxy groups -OCH3 is 1. The number of aromatic nitrogens is 1. The fourth-order valence-electron chi connectivity index (χ4n) is 2.78. The molecule has 0 bridgehead atoms. The molecule has 2 aromatic carbocycles. The van der Waals surface area contributed by atoms with Gasteiger partial charge in [0.1, 0.15) is 5.75 Å². The molecule has 0 aliphatic carbocycles. The predicted octanol–water partition coefficient (Wildman–Crippen LogP) is 3.20. The molecule has 128 valence electrons. The molecular formula is C20H20N2O3. The van der Waals surface area contributed by atoms with E-state index in [1.165, 1.54) is 0 Å². The van der Waals surface area contributed by atoms with Gasteiger partial charge in [-0.3, -0.25) is 9.59 Å². The van der Waals surface area contributed by atoms with Crippen LogP contribution in [0.25, 0.3) is 10.9 Å². The van der Waals surface area contributed by atoms with Crippen LogP contribution in [0.15, 0.2) is 59.4 Å². The minimum Gasteiger partial charge on any atom is -0.497 e. The third-order valence-corrected chi connectivity index (χ3v) is 4.18. The van der Waals surface area contributed by atoms with Gasteiger partial charge in [0.25, 0.3) is 11.5 Å². The number of para-hydroxylation sites is 1. The molecule has 1 N–H and O–H groups in total. The highest BCUT2D eigenvalue weighted by Gasteiger charge is 2.17. The molecule has 1 heterocycles. The summed E-state index contributed by atoms with van der Waals surface area (Å²) >= 11 is 0. The van der Waals surface area contributed by atoms with E-state index in [-0.39, 0.29) is 18.0 Å². The van der Waals surface area contributed by atoms with Crippen LogP contribution in [0.1, 0.15) is 22.8 Å². The highest BCUT2D eigenvalue weighted by molar-refractivity contribution is 5.94. The van der Waals surface area contributed by atoms with Crippen LogP contribution in [0.2, 0.25) is 0 Å². The number of ether oxygens (including phenoxy) is 1. The lowest BCUT2D eigenvalue weighted by Crippen LogP contribution is -2.32. The fourth-order valence-corrected chi connectivity index (χ4v) is 2.78. The first-order valence-electron chi connectivity index (χ1n) is 8.16. The average molecular weight is 336 g/mol. The Morgan fingerprint density at radius 3 is 2.68 bits per heavy atom. The van der Waals surface area contributed by atoms with E-state index in [4.69, 9.17) is 4.74 Å². The van der Waals surface area contributed by atoms with Gasteiger partial charge in [0.05, 0.1) is 13.7 Å². The molecular weight excluding hydrogens is 316 g/mol. The lowest BCUT2D eigenvalue weighted by Gasteiger charge is -2.21. The van der Waals surface area contributed by atoms with Crippen LogP contribution in [0.5, 0.6) is 5.75 Å². The molecule has 25 heavy (non-hydrogen) atoms. The fraction of sp³-hybridized carbons (Fsp3) is 0.200. The number of pyridine rings is 1. The van der Waals surface area contributed by atoms with Gasteiger partial charge in [0.15, 0.2) is 0 Å². The first-order chi connectivity index (χ1) is 12.1. The van der Waals surface area contributed by atoms with Crippen molar-refractivity contribution >= 4 is 16.8 Å². The monoisotopic (exact) mass is 336 g/mol. The SMILES string of the molecule is CCN(Cc1cc2ccccc2[nH]c1=O)C(=O)c1cccc(OC)c1. The largest absolute Gasteiger partial charge is 0.497 e. The van der Waals surface area contributed by atoms with Gasteiger partial charge in [-0.15, -0.1) is 0 Å². The molecule has 1 aromatic heterocycles. The number of rotatable bonds is 5. The van der Waals surface area contributed by atoms with E-state index in [1.54, 1.807) is 36.3 Å². The lowest BCUT2D eigenvalue weighted by molar-refractivity contribution is 0.0751. The van der Waals surface area contributed by atoms with Gasteiger partial charge in [0.2, 0.25) is 0 Å². The minimum absolute atomic E-state index is 0.131. The Morgan fingerprint density at radius 2 is 1.92 bits per heavy atom. The number of aromatic amines is 1. The Balaban J connectivity index is 1.90. The summed E-state index contributed by atoms with van der Waals surface area (Å²) in [6, 6.07) is 16.5. The minimum atomic E-state index is -0.171.